The zero-order valence-electron chi connectivity index (χ0n) is 13.7. The van der Waals surface area contributed by atoms with Gasteiger partial charge < -0.3 is 5.11 Å². The highest BCUT2D eigenvalue weighted by atomic mass is 32.2. The highest BCUT2D eigenvalue weighted by molar-refractivity contribution is 7.92. The van der Waals surface area contributed by atoms with Gasteiger partial charge in [-0.2, -0.15) is 0 Å². The van der Waals surface area contributed by atoms with E-state index in [0.717, 1.165) is 30.4 Å². The summed E-state index contributed by atoms with van der Waals surface area (Å²) in [5.41, 5.74) is 4.73. The van der Waals surface area contributed by atoms with Crippen molar-refractivity contribution in [3.05, 3.63) is 58.7 Å². The molecular weight excluding hydrogens is 322 g/mol. The zero-order chi connectivity index (χ0) is 16.9. The van der Waals surface area contributed by atoms with Crippen LogP contribution in [0.4, 0.5) is 5.69 Å². The lowest BCUT2D eigenvalue weighted by atomic mass is 9.99. The van der Waals surface area contributed by atoms with Gasteiger partial charge in [-0.05, 0) is 61.9 Å². The molecule has 0 radical (unpaired) electrons. The Labute approximate surface area is 142 Å². The Kier molecular flexibility index (Phi) is 3.66. The maximum Gasteiger partial charge on any atom is 0.264 e. The summed E-state index contributed by atoms with van der Waals surface area (Å²) >= 11 is 0. The van der Waals surface area contributed by atoms with Crippen LogP contribution in [0.1, 0.15) is 41.2 Å². The van der Waals surface area contributed by atoms with Gasteiger partial charge in [-0.15, -0.1) is 0 Å². The number of hydrogen-bond donors (Lipinski definition) is 1. The van der Waals surface area contributed by atoms with Gasteiger partial charge in [0.15, 0.2) is 0 Å². The van der Waals surface area contributed by atoms with E-state index in [-0.39, 0.29) is 0 Å². The normalized spacial score (nSPS) is 19.9. The first kappa shape index (κ1) is 15.7. The molecular formula is C19H21NO3S. The van der Waals surface area contributed by atoms with Gasteiger partial charge in [-0.25, -0.2) is 8.42 Å². The molecule has 0 saturated heterocycles. The van der Waals surface area contributed by atoms with Gasteiger partial charge >= 0.3 is 0 Å². The second-order valence-corrected chi connectivity index (χ2v) is 8.59. The molecule has 2 aromatic rings. The summed E-state index contributed by atoms with van der Waals surface area (Å²) in [5, 5.41) is 10.2. The van der Waals surface area contributed by atoms with E-state index in [9.17, 15) is 13.5 Å². The quantitative estimate of drug-likeness (QED) is 0.911. The Morgan fingerprint density at radius 1 is 1.08 bits per heavy atom. The molecule has 1 unspecified atom stereocenters. The fourth-order valence-electron chi connectivity index (χ4n) is 3.77. The molecule has 1 heterocycles. The molecule has 1 N–H and O–H groups in total. The van der Waals surface area contributed by atoms with Crippen LogP contribution in [0.2, 0.25) is 0 Å². The Morgan fingerprint density at radius 2 is 1.88 bits per heavy atom. The molecule has 0 amide bonds. The number of sulfonamides is 1. The fourth-order valence-corrected chi connectivity index (χ4v) is 5.33. The first-order valence-electron chi connectivity index (χ1n) is 8.40. The van der Waals surface area contributed by atoms with Crippen LogP contribution in [0.5, 0.6) is 0 Å². The van der Waals surface area contributed by atoms with E-state index >= 15 is 0 Å². The Bertz CT molecular complexity index is 905. The predicted molar refractivity (Wildman–Crippen MR) is 93.8 cm³/mol. The van der Waals surface area contributed by atoms with Crippen molar-refractivity contribution in [1.29, 1.82) is 0 Å². The number of fused-ring (bicyclic) bond motifs is 2. The van der Waals surface area contributed by atoms with Gasteiger partial charge in [0.25, 0.3) is 10.0 Å². The molecule has 0 bridgehead atoms. The van der Waals surface area contributed by atoms with Crippen LogP contribution in [0.3, 0.4) is 0 Å². The summed E-state index contributed by atoms with van der Waals surface area (Å²) < 4.78 is 27.8. The second kappa shape index (κ2) is 5.60. The third-order valence-electron chi connectivity index (χ3n) is 5.07. The molecule has 1 atom stereocenters. The summed E-state index contributed by atoms with van der Waals surface area (Å²) in [7, 11) is -3.61. The van der Waals surface area contributed by atoms with Crippen LogP contribution in [0.15, 0.2) is 41.3 Å². The zero-order valence-corrected chi connectivity index (χ0v) is 14.5. The van der Waals surface area contributed by atoms with Crippen LogP contribution >= 0.6 is 0 Å². The van der Waals surface area contributed by atoms with Crippen LogP contribution in [-0.4, -0.2) is 20.1 Å². The van der Waals surface area contributed by atoms with Crippen molar-refractivity contribution < 1.29 is 13.5 Å². The lowest BCUT2D eigenvalue weighted by molar-refractivity contribution is 0.166. The van der Waals surface area contributed by atoms with Gasteiger partial charge in [0, 0.05) is 12.1 Å². The van der Waals surface area contributed by atoms with Crippen LogP contribution in [0, 0.1) is 6.92 Å². The average molecular weight is 343 g/mol. The predicted octanol–water partition coefficient (Wildman–Crippen LogP) is 3.12. The lowest BCUT2D eigenvalue weighted by Crippen LogP contribution is -2.36. The first-order valence-corrected chi connectivity index (χ1v) is 9.84. The first-order chi connectivity index (χ1) is 11.5. The number of aliphatic hydroxyl groups is 1. The summed E-state index contributed by atoms with van der Waals surface area (Å²) in [5.74, 6) is 0. The smallest absolute Gasteiger partial charge is 0.264 e. The van der Waals surface area contributed by atoms with Crippen molar-refractivity contribution in [2.75, 3.05) is 10.8 Å². The molecule has 1 aliphatic carbocycles. The van der Waals surface area contributed by atoms with E-state index in [4.69, 9.17) is 0 Å². The van der Waals surface area contributed by atoms with E-state index in [1.54, 1.807) is 12.1 Å². The van der Waals surface area contributed by atoms with E-state index in [0.29, 0.717) is 29.1 Å². The highest BCUT2D eigenvalue weighted by Gasteiger charge is 2.33. The molecule has 4 rings (SSSR count). The minimum atomic E-state index is -3.61. The molecule has 0 spiro atoms. The number of aryl methyl sites for hydroxylation is 3. The molecule has 0 aromatic heterocycles. The SMILES string of the molecule is Cc1ccc2c(c1)C(O)CCN2S(=O)(=O)c1ccc2c(c1)CCC2. The van der Waals surface area contributed by atoms with Crippen molar-refractivity contribution >= 4 is 15.7 Å². The number of aliphatic hydroxyl groups excluding tert-OH is 1. The van der Waals surface area contributed by atoms with E-state index < -0.39 is 16.1 Å². The van der Waals surface area contributed by atoms with Gasteiger partial charge in [0.05, 0.1) is 16.7 Å². The number of anilines is 1. The van der Waals surface area contributed by atoms with Gasteiger partial charge in [0.2, 0.25) is 0 Å². The molecule has 0 saturated carbocycles. The number of rotatable bonds is 2. The standard InChI is InChI=1S/C19H21NO3S/c1-13-5-8-18-17(11-13)19(21)9-10-20(18)24(22,23)16-7-6-14-3-2-4-15(14)12-16/h5-8,11-12,19,21H,2-4,9-10H2,1H3. The van der Waals surface area contributed by atoms with E-state index in [1.165, 1.54) is 9.87 Å². The monoisotopic (exact) mass is 343 g/mol. The van der Waals surface area contributed by atoms with Gasteiger partial charge in [0.1, 0.15) is 0 Å². The molecule has 1 aliphatic heterocycles. The average Bonchev–Trinajstić information content (AvgIpc) is 3.03. The molecule has 2 aliphatic rings. The summed E-state index contributed by atoms with van der Waals surface area (Å²) in [6.07, 6.45) is 2.89. The van der Waals surface area contributed by atoms with Gasteiger partial charge in [-0.1, -0.05) is 23.8 Å². The largest absolute Gasteiger partial charge is 0.388 e. The number of nitrogens with zero attached hydrogens (tertiary/aromatic N) is 1. The van der Waals surface area contributed by atoms with Crippen LogP contribution in [0.25, 0.3) is 0 Å². The maximum atomic E-state index is 13.2. The lowest BCUT2D eigenvalue weighted by Gasteiger charge is -2.33. The summed E-state index contributed by atoms with van der Waals surface area (Å²) in [6, 6.07) is 11.1. The molecule has 5 heteroatoms. The molecule has 2 aromatic carbocycles. The molecule has 126 valence electrons. The highest BCUT2D eigenvalue weighted by Crippen LogP contribution is 2.38. The molecule has 24 heavy (non-hydrogen) atoms. The van der Waals surface area contributed by atoms with Crippen molar-refractivity contribution in [3.63, 3.8) is 0 Å². The van der Waals surface area contributed by atoms with Crippen molar-refractivity contribution in [3.8, 4) is 0 Å². The third-order valence-corrected chi connectivity index (χ3v) is 6.88. The van der Waals surface area contributed by atoms with Crippen molar-refractivity contribution in [2.24, 2.45) is 0 Å². The Morgan fingerprint density at radius 3 is 2.71 bits per heavy atom. The van der Waals surface area contributed by atoms with Crippen molar-refractivity contribution in [2.45, 2.75) is 43.6 Å². The number of benzene rings is 2. The molecule has 0 fully saturated rings. The summed E-state index contributed by atoms with van der Waals surface area (Å²) in [6.45, 7) is 2.25. The summed E-state index contributed by atoms with van der Waals surface area (Å²) in [4.78, 5) is 0.353. The van der Waals surface area contributed by atoms with E-state index in [2.05, 4.69) is 0 Å². The fraction of sp³-hybridized carbons (Fsp3) is 0.368. The topological polar surface area (TPSA) is 57.6 Å². The molecule has 4 nitrogen and oxygen atoms in total. The second-order valence-electron chi connectivity index (χ2n) is 6.73. The Balaban J connectivity index is 1.80. The minimum Gasteiger partial charge on any atom is -0.388 e. The van der Waals surface area contributed by atoms with Crippen LogP contribution < -0.4 is 4.31 Å². The maximum absolute atomic E-state index is 13.2. The third kappa shape index (κ3) is 2.43. The Hall–Kier alpha value is -1.85. The van der Waals surface area contributed by atoms with Crippen molar-refractivity contribution in [1.82, 2.24) is 0 Å². The number of hydrogen-bond acceptors (Lipinski definition) is 3. The minimum absolute atomic E-state index is 0.302. The van der Waals surface area contributed by atoms with E-state index in [1.807, 2.05) is 31.2 Å². The van der Waals surface area contributed by atoms with Gasteiger partial charge in [-0.3, -0.25) is 4.31 Å². The van der Waals surface area contributed by atoms with Crippen LogP contribution in [-0.2, 0) is 22.9 Å².